The third-order valence-electron chi connectivity index (χ3n) is 5.12. The summed E-state index contributed by atoms with van der Waals surface area (Å²) in [5, 5.41) is 1.40. The van der Waals surface area contributed by atoms with Gasteiger partial charge < -0.3 is 9.47 Å². The Labute approximate surface area is 201 Å². The second-order valence-electron chi connectivity index (χ2n) is 7.27. The highest BCUT2D eigenvalue weighted by atomic mass is 35.5. The quantitative estimate of drug-likeness (QED) is 0.400. The minimum atomic E-state index is 0.0372. The van der Waals surface area contributed by atoms with Crippen LogP contribution in [0.25, 0.3) is 10.2 Å². The second kappa shape index (κ2) is 11.3. The first kappa shape index (κ1) is 23.3. The minimum absolute atomic E-state index is 0.0372. The van der Waals surface area contributed by atoms with E-state index in [1.807, 2.05) is 54.3 Å². The molecule has 1 aliphatic rings. The predicted octanol–water partition coefficient (Wildman–Crippen LogP) is 4.81. The Morgan fingerprint density at radius 1 is 1.25 bits per heavy atom. The van der Waals surface area contributed by atoms with Gasteiger partial charge in [-0.1, -0.05) is 29.0 Å². The molecule has 4 rings (SSSR count). The van der Waals surface area contributed by atoms with Gasteiger partial charge in [-0.2, -0.15) is 0 Å². The number of ether oxygens (including phenoxy) is 2. The van der Waals surface area contributed by atoms with Crippen molar-refractivity contribution in [3.8, 4) is 5.75 Å². The topological polar surface area (TPSA) is 54.9 Å². The van der Waals surface area contributed by atoms with E-state index in [-0.39, 0.29) is 5.91 Å². The van der Waals surface area contributed by atoms with Crippen molar-refractivity contribution in [3.05, 3.63) is 47.5 Å². The molecule has 0 N–H and O–H groups in total. The second-order valence-corrected chi connectivity index (χ2v) is 9.77. The molecule has 0 atom stereocenters. The molecular weight excluding hydrogens is 466 g/mol. The van der Waals surface area contributed by atoms with Gasteiger partial charge in [0, 0.05) is 36.1 Å². The molecule has 1 fully saturated rings. The lowest BCUT2D eigenvalue weighted by atomic mass is 10.3. The standard InChI is InChI=1S/C23H26ClN3O3S2/c1-2-30-19-4-3-5-20-22(19)25-23(32-20)27(11-10-26-12-14-29-15-13-26)21(28)16-31-18-8-6-17(24)7-9-18/h3-9H,2,10-16H2,1H3. The largest absolute Gasteiger partial charge is 0.492 e. The number of carbonyl (C=O) groups excluding carboxylic acids is 1. The summed E-state index contributed by atoms with van der Waals surface area (Å²) in [4.78, 5) is 23.3. The number of nitrogens with zero attached hydrogens (tertiary/aromatic N) is 3. The highest BCUT2D eigenvalue weighted by molar-refractivity contribution is 8.00. The smallest absolute Gasteiger partial charge is 0.239 e. The van der Waals surface area contributed by atoms with Gasteiger partial charge in [-0.05, 0) is 43.3 Å². The van der Waals surface area contributed by atoms with Crippen molar-refractivity contribution in [2.45, 2.75) is 11.8 Å². The summed E-state index contributed by atoms with van der Waals surface area (Å²) in [5.74, 6) is 1.12. The van der Waals surface area contributed by atoms with Crippen molar-refractivity contribution in [2.24, 2.45) is 0 Å². The number of hydrogen-bond donors (Lipinski definition) is 0. The summed E-state index contributed by atoms with van der Waals surface area (Å²) in [7, 11) is 0. The van der Waals surface area contributed by atoms with Crippen LogP contribution in [0.1, 0.15) is 6.92 Å². The van der Waals surface area contributed by atoms with Crippen molar-refractivity contribution in [1.29, 1.82) is 0 Å². The van der Waals surface area contributed by atoms with Crippen LogP contribution in [0.3, 0.4) is 0 Å². The fraction of sp³-hybridized carbons (Fsp3) is 0.391. The summed E-state index contributed by atoms with van der Waals surface area (Å²) in [5.41, 5.74) is 0.809. The van der Waals surface area contributed by atoms with Gasteiger partial charge in [-0.3, -0.25) is 14.6 Å². The van der Waals surface area contributed by atoms with Crippen molar-refractivity contribution in [2.75, 3.05) is 56.7 Å². The Bertz CT molecular complexity index is 1040. The number of amides is 1. The zero-order chi connectivity index (χ0) is 22.3. The summed E-state index contributed by atoms with van der Waals surface area (Å²) < 4.78 is 12.2. The first-order valence-corrected chi connectivity index (χ1v) is 12.8. The summed E-state index contributed by atoms with van der Waals surface area (Å²) in [6.45, 7) is 7.14. The molecule has 2 aromatic carbocycles. The number of hydrogen-bond acceptors (Lipinski definition) is 7. The molecule has 32 heavy (non-hydrogen) atoms. The number of halogens is 1. The fourth-order valence-electron chi connectivity index (χ4n) is 3.45. The maximum Gasteiger partial charge on any atom is 0.239 e. The number of para-hydroxylation sites is 1. The third kappa shape index (κ3) is 5.94. The molecule has 6 nitrogen and oxygen atoms in total. The van der Waals surface area contributed by atoms with Crippen LogP contribution in [0.2, 0.25) is 5.02 Å². The van der Waals surface area contributed by atoms with E-state index < -0.39 is 0 Å². The molecule has 1 amide bonds. The van der Waals surface area contributed by atoms with Gasteiger partial charge in [0.05, 0.1) is 30.3 Å². The molecule has 2 heterocycles. The number of benzene rings is 2. The van der Waals surface area contributed by atoms with Gasteiger partial charge in [0.2, 0.25) is 5.91 Å². The first-order valence-electron chi connectivity index (χ1n) is 10.6. The zero-order valence-corrected chi connectivity index (χ0v) is 20.3. The third-order valence-corrected chi connectivity index (χ3v) is 7.41. The molecule has 0 bridgehead atoms. The van der Waals surface area contributed by atoms with Gasteiger partial charge in [0.15, 0.2) is 5.13 Å². The van der Waals surface area contributed by atoms with Gasteiger partial charge in [0.25, 0.3) is 0 Å². The monoisotopic (exact) mass is 491 g/mol. The molecule has 0 unspecified atom stereocenters. The van der Waals surface area contributed by atoms with Crippen molar-refractivity contribution < 1.29 is 14.3 Å². The number of thiazole rings is 1. The SMILES string of the molecule is CCOc1cccc2sc(N(CCN3CCOCC3)C(=O)CSc3ccc(Cl)cc3)nc12. The number of carbonyl (C=O) groups is 1. The molecule has 3 aromatic rings. The highest BCUT2D eigenvalue weighted by Crippen LogP contribution is 2.34. The molecule has 0 saturated carbocycles. The number of morpholine rings is 1. The lowest BCUT2D eigenvalue weighted by molar-refractivity contribution is -0.116. The molecule has 1 saturated heterocycles. The van der Waals surface area contributed by atoms with Crippen LogP contribution in [0.5, 0.6) is 5.75 Å². The number of fused-ring (bicyclic) bond motifs is 1. The van der Waals surface area contributed by atoms with Gasteiger partial charge in [-0.15, -0.1) is 11.8 Å². The Hall–Kier alpha value is -1.84. The van der Waals surface area contributed by atoms with E-state index in [0.29, 0.717) is 29.1 Å². The van der Waals surface area contributed by atoms with Crippen LogP contribution in [0.15, 0.2) is 47.4 Å². The maximum absolute atomic E-state index is 13.3. The van der Waals surface area contributed by atoms with Gasteiger partial charge >= 0.3 is 0 Å². The van der Waals surface area contributed by atoms with E-state index >= 15 is 0 Å². The van der Waals surface area contributed by atoms with Gasteiger partial charge in [-0.25, -0.2) is 4.98 Å². The average Bonchev–Trinajstić information content (AvgIpc) is 3.25. The normalized spacial score (nSPS) is 14.6. The predicted molar refractivity (Wildman–Crippen MR) is 133 cm³/mol. The molecular formula is C23H26ClN3O3S2. The van der Waals surface area contributed by atoms with Crippen LogP contribution < -0.4 is 9.64 Å². The molecule has 170 valence electrons. The molecule has 0 radical (unpaired) electrons. The van der Waals surface area contributed by atoms with Gasteiger partial charge in [0.1, 0.15) is 11.3 Å². The Morgan fingerprint density at radius 2 is 2.03 bits per heavy atom. The lowest BCUT2D eigenvalue weighted by Crippen LogP contribution is -2.43. The number of anilines is 1. The number of thioether (sulfide) groups is 1. The molecule has 0 aliphatic carbocycles. The van der Waals surface area contributed by atoms with Crippen LogP contribution >= 0.6 is 34.7 Å². The minimum Gasteiger partial charge on any atom is -0.492 e. The number of aromatic nitrogens is 1. The van der Waals surface area contributed by atoms with E-state index in [2.05, 4.69) is 4.90 Å². The van der Waals surface area contributed by atoms with Crippen molar-refractivity contribution in [1.82, 2.24) is 9.88 Å². The molecule has 1 aliphatic heterocycles. The van der Waals surface area contributed by atoms with E-state index in [0.717, 1.165) is 53.7 Å². The highest BCUT2D eigenvalue weighted by Gasteiger charge is 2.22. The average molecular weight is 492 g/mol. The van der Waals surface area contributed by atoms with E-state index in [1.54, 1.807) is 0 Å². The molecule has 1 aromatic heterocycles. The van der Waals surface area contributed by atoms with E-state index in [4.69, 9.17) is 26.1 Å². The van der Waals surface area contributed by atoms with E-state index in [1.165, 1.54) is 23.1 Å². The van der Waals surface area contributed by atoms with Crippen molar-refractivity contribution in [3.63, 3.8) is 0 Å². The molecule has 0 spiro atoms. The number of rotatable bonds is 9. The van der Waals surface area contributed by atoms with E-state index in [9.17, 15) is 4.79 Å². The first-order chi connectivity index (χ1) is 15.6. The maximum atomic E-state index is 13.3. The zero-order valence-electron chi connectivity index (χ0n) is 18.0. The molecule has 9 heteroatoms. The summed E-state index contributed by atoms with van der Waals surface area (Å²) in [6.07, 6.45) is 0. The fourth-order valence-corrected chi connectivity index (χ4v) is 5.37. The van der Waals surface area contributed by atoms with Crippen LogP contribution in [0.4, 0.5) is 5.13 Å². The van der Waals surface area contributed by atoms with Crippen molar-refractivity contribution >= 4 is 56.0 Å². The van der Waals surface area contributed by atoms with Crippen LogP contribution in [0, 0.1) is 0 Å². The Kier molecular flexibility index (Phi) is 8.26. The Morgan fingerprint density at radius 3 is 2.78 bits per heavy atom. The van der Waals surface area contributed by atoms with Crippen LogP contribution in [-0.2, 0) is 9.53 Å². The Balaban J connectivity index is 1.53. The van der Waals surface area contributed by atoms with Crippen LogP contribution in [-0.4, -0.2) is 67.5 Å². The summed E-state index contributed by atoms with van der Waals surface area (Å²) >= 11 is 9.02. The summed E-state index contributed by atoms with van der Waals surface area (Å²) in [6, 6.07) is 13.5. The lowest BCUT2D eigenvalue weighted by Gasteiger charge is -2.29.